The number of hydrogen-bond donors (Lipinski definition) is 0. The molecule has 2 heterocycles. The largest absolute Gasteiger partial charge is 0.304 e. The normalized spacial score (nSPS) is 24.5. The van der Waals surface area contributed by atoms with Gasteiger partial charge in [0.1, 0.15) is 0 Å². The number of allylic oxidation sites excluding steroid dienone is 2. The van der Waals surface area contributed by atoms with Crippen LogP contribution in [0.3, 0.4) is 0 Å². The van der Waals surface area contributed by atoms with Crippen LogP contribution in [0.2, 0.25) is 0 Å². The molecule has 0 radical (unpaired) electrons. The molecule has 0 spiro atoms. The second kappa shape index (κ2) is 5.93. The Kier molecular flexibility index (Phi) is 4.28. The van der Waals surface area contributed by atoms with Crippen molar-refractivity contribution in [3.8, 4) is 12.0 Å². The van der Waals surface area contributed by atoms with Crippen LogP contribution in [0.25, 0.3) is 0 Å². The van der Waals surface area contributed by atoms with Crippen molar-refractivity contribution in [3.63, 3.8) is 0 Å². The van der Waals surface area contributed by atoms with Crippen LogP contribution in [0.1, 0.15) is 32.6 Å². The zero-order valence-electron chi connectivity index (χ0n) is 10.9. The maximum atomic E-state index is 3.23. The highest BCUT2D eigenvalue weighted by molar-refractivity contribution is 5.27. The Morgan fingerprint density at radius 2 is 2.35 bits per heavy atom. The van der Waals surface area contributed by atoms with Gasteiger partial charge in [0.2, 0.25) is 0 Å². The van der Waals surface area contributed by atoms with Crippen LogP contribution < -0.4 is 0 Å². The lowest BCUT2D eigenvalue weighted by Crippen LogP contribution is -2.32. The smallest absolute Gasteiger partial charge is 0.0537 e. The third-order valence-electron chi connectivity index (χ3n) is 3.48. The number of rotatable bonds is 2. The molecule has 1 saturated heterocycles. The van der Waals surface area contributed by atoms with Crippen LogP contribution in [-0.4, -0.2) is 36.0 Å². The van der Waals surface area contributed by atoms with Gasteiger partial charge in [-0.05, 0) is 44.5 Å². The first kappa shape index (κ1) is 12.3. The first-order chi connectivity index (χ1) is 8.31. The molecule has 92 valence electrons. The molecule has 0 N–H and O–H groups in total. The summed E-state index contributed by atoms with van der Waals surface area (Å²) in [5.41, 5.74) is 1.51. The van der Waals surface area contributed by atoms with Gasteiger partial charge in [-0.3, -0.25) is 4.90 Å². The SMILES string of the molecule is CCCC#CN1C=CC=C(C2CCCN2C)C1. The Balaban J connectivity index is 1.96. The number of likely N-dealkylation sites (N-methyl/N-ethyl adjacent to an activating group) is 1. The van der Waals surface area contributed by atoms with Gasteiger partial charge in [0.05, 0.1) is 6.54 Å². The summed E-state index contributed by atoms with van der Waals surface area (Å²) in [4.78, 5) is 4.58. The summed E-state index contributed by atoms with van der Waals surface area (Å²) < 4.78 is 0. The fraction of sp³-hybridized carbons (Fsp3) is 0.600. The molecule has 17 heavy (non-hydrogen) atoms. The standard InChI is InChI=1S/C15H22N2/c1-3-4-5-11-17-12-6-8-14(13-17)15-9-7-10-16(15)2/h6,8,12,15H,3-4,7,9-10,13H2,1-2H3. The fourth-order valence-corrected chi connectivity index (χ4v) is 2.53. The van der Waals surface area contributed by atoms with E-state index in [1.807, 2.05) is 0 Å². The van der Waals surface area contributed by atoms with E-state index in [2.05, 4.69) is 54.1 Å². The molecule has 0 amide bonds. The quantitative estimate of drug-likeness (QED) is 0.673. The van der Waals surface area contributed by atoms with Crippen LogP contribution in [-0.2, 0) is 0 Å². The second-order valence-corrected chi connectivity index (χ2v) is 4.89. The lowest BCUT2D eigenvalue weighted by Gasteiger charge is -2.27. The first-order valence-electron chi connectivity index (χ1n) is 6.64. The van der Waals surface area contributed by atoms with E-state index in [1.54, 1.807) is 0 Å². The molecule has 0 bridgehead atoms. The highest BCUT2D eigenvalue weighted by Crippen LogP contribution is 2.24. The van der Waals surface area contributed by atoms with E-state index >= 15 is 0 Å². The van der Waals surface area contributed by atoms with Crippen LogP contribution in [0, 0.1) is 12.0 Å². The van der Waals surface area contributed by atoms with Gasteiger partial charge in [-0.15, -0.1) is 0 Å². The molecule has 1 atom stereocenters. The minimum absolute atomic E-state index is 0.635. The second-order valence-electron chi connectivity index (χ2n) is 4.89. The molecule has 0 aromatic carbocycles. The van der Waals surface area contributed by atoms with Gasteiger partial charge in [-0.1, -0.05) is 18.9 Å². The Bertz CT molecular complexity index is 370. The van der Waals surface area contributed by atoms with Crippen molar-refractivity contribution < 1.29 is 0 Å². The Morgan fingerprint density at radius 1 is 1.47 bits per heavy atom. The van der Waals surface area contributed by atoms with Gasteiger partial charge in [0.25, 0.3) is 0 Å². The predicted molar refractivity (Wildman–Crippen MR) is 72.3 cm³/mol. The fourth-order valence-electron chi connectivity index (χ4n) is 2.53. The Hall–Kier alpha value is -1.20. The minimum Gasteiger partial charge on any atom is -0.304 e. The van der Waals surface area contributed by atoms with Crippen molar-refractivity contribution in [1.82, 2.24) is 9.80 Å². The predicted octanol–water partition coefficient (Wildman–Crippen LogP) is 2.60. The van der Waals surface area contributed by atoms with Gasteiger partial charge < -0.3 is 4.90 Å². The average molecular weight is 230 g/mol. The highest BCUT2D eigenvalue weighted by atomic mass is 15.2. The number of hydrogen-bond acceptors (Lipinski definition) is 2. The van der Waals surface area contributed by atoms with Crippen LogP contribution in [0.4, 0.5) is 0 Å². The highest BCUT2D eigenvalue weighted by Gasteiger charge is 2.25. The molecule has 1 unspecified atom stereocenters. The van der Waals surface area contributed by atoms with Gasteiger partial charge in [0.15, 0.2) is 0 Å². The third-order valence-corrected chi connectivity index (χ3v) is 3.48. The molecule has 2 aliphatic rings. The van der Waals surface area contributed by atoms with E-state index in [0.717, 1.165) is 19.4 Å². The summed E-state index contributed by atoms with van der Waals surface area (Å²) in [5.74, 6) is 3.21. The van der Waals surface area contributed by atoms with Gasteiger partial charge in [0, 0.05) is 24.7 Å². The lowest BCUT2D eigenvalue weighted by atomic mass is 10.0. The molecule has 0 saturated carbocycles. The third kappa shape index (κ3) is 3.14. The molecule has 0 aromatic heterocycles. The molecule has 1 fully saturated rings. The summed E-state index contributed by atoms with van der Waals surface area (Å²) in [5, 5.41) is 0. The van der Waals surface area contributed by atoms with E-state index in [-0.39, 0.29) is 0 Å². The van der Waals surface area contributed by atoms with Crippen molar-refractivity contribution in [2.75, 3.05) is 20.1 Å². The maximum Gasteiger partial charge on any atom is 0.0537 e. The molecule has 2 nitrogen and oxygen atoms in total. The zero-order valence-corrected chi connectivity index (χ0v) is 10.9. The zero-order chi connectivity index (χ0) is 12.1. The van der Waals surface area contributed by atoms with Crippen LogP contribution in [0.15, 0.2) is 23.9 Å². The molecular weight excluding hydrogens is 208 g/mol. The van der Waals surface area contributed by atoms with Crippen LogP contribution in [0.5, 0.6) is 0 Å². The summed E-state index contributed by atoms with van der Waals surface area (Å²) in [6.45, 7) is 4.37. The average Bonchev–Trinajstić information content (AvgIpc) is 2.76. The van der Waals surface area contributed by atoms with Gasteiger partial charge in [-0.25, -0.2) is 0 Å². The molecule has 2 heteroatoms. The summed E-state index contributed by atoms with van der Waals surface area (Å²) >= 11 is 0. The van der Waals surface area contributed by atoms with E-state index < -0.39 is 0 Å². The topological polar surface area (TPSA) is 6.48 Å². The van der Waals surface area contributed by atoms with E-state index in [1.165, 1.54) is 25.0 Å². The number of unbranched alkanes of at least 4 members (excludes halogenated alkanes) is 1. The number of nitrogens with zero attached hydrogens (tertiary/aromatic N) is 2. The summed E-state index contributed by atoms with van der Waals surface area (Å²) in [7, 11) is 2.23. The van der Waals surface area contributed by atoms with E-state index in [0.29, 0.717) is 6.04 Å². The molecule has 0 aromatic rings. The van der Waals surface area contributed by atoms with Crippen LogP contribution >= 0.6 is 0 Å². The van der Waals surface area contributed by atoms with Crippen molar-refractivity contribution in [3.05, 3.63) is 23.9 Å². The summed E-state index contributed by atoms with van der Waals surface area (Å²) in [6.07, 6.45) is 11.2. The van der Waals surface area contributed by atoms with E-state index in [4.69, 9.17) is 0 Å². The lowest BCUT2D eigenvalue weighted by molar-refractivity contribution is 0.332. The Morgan fingerprint density at radius 3 is 3.06 bits per heavy atom. The Labute approximate surface area is 105 Å². The van der Waals surface area contributed by atoms with Crippen molar-refractivity contribution >= 4 is 0 Å². The molecule has 2 rings (SSSR count). The van der Waals surface area contributed by atoms with Crippen molar-refractivity contribution in [1.29, 1.82) is 0 Å². The van der Waals surface area contributed by atoms with Crippen molar-refractivity contribution in [2.45, 2.75) is 38.6 Å². The van der Waals surface area contributed by atoms with Gasteiger partial charge in [-0.2, -0.15) is 0 Å². The van der Waals surface area contributed by atoms with E-state index in [9.17, 15) is 0 Å². The molecular formula is C15H22N2. The molecule has 0 aliphatic carbocycles. The summed E-state index contributed by atoms with van der Waals surface area (Å²) in [6, 6.07) is 3.86. The first-order valence-corrected chi connectivity index (χ1v) is 6.64. The monoisotopic (exact) mass is 230 g/mol. The number of likely N-dealkylation sites (tertiary alicyclic amines) is 1. The minimum atomic E-state index is 0.635. The molecule has 2 aliphatic heterocycles. The van der Waals surface area contributed by atoms with Crippen molar-refractivity contribution in [2.24, 2.45) is 0 Å². The maximum absolute atomic E-state index is 3.23. The van der Waals surface area contributed by atoms with Gasteiger partial charge >= 0.3 is 0 Å².